The second kappa shape index (κ2) is 8.28. The van der Waals surface area contributed by atoms with Gasteiger partial charge in [0.05, 0.1) is 14.2 Å². The average Bonchev–Trinajstić information content (AvgIpc) is 2.55. The molecule has 21 heavy (non-hydrogen) atoms. The summed E-state index contributed by atoms with van der Waals surface area (Å²) < 4.78 is 10.9. The molecule has 0 bridgehead atoms. The van der Waals surface area contributed by atoms with Gasteiger partial charge in [-0.25, -0.2) is 0 Å². The third-order valence-corrected chi connectivity index (χ3v) is 4.54. The zero-order valence-corrected chi connectivity index (χ0v) is 13.7. The van der Waals surface area contributed by atoms with Gasteiger partial charge >= 0.3 is 0 Å². The Labute approximate surface area is 129 Å². The Hall–Kier alpha value is -1.22. The van der Waals surface area contributed by atoms with Crippen LogP contribution >= 0.6 is 0 Å². The third kappa shape index (κ3) is 4.37. The van der Waals surface area contributed by atoms with Gasteiger partial charge in [-0.1, -0.05) is 19.8 Å². The van der Waals surface area contributed by atoms with E-state index in [-0.39, 0.29) is 0 Å². The van der Waals surface area contributed by atoms with E-state index in [1.807, 2.05) is 6.07 Å². The van der Waals surface area contributed by atoms with Crippen molar-refractivity contribution in [3.8, 4) is 11.5 Å². The molecule has 118 valence electrons. The maximum absolute atomic E-state index is 5.43. The van der Waals surface area contributed by atoms with Crippen LogP contribution in [0, 0.1) is 5.92 Å². The first-order valence-electron chi connectivity index (χ1n) is 8.22. The predicted octanol–water partition coefficient (Wildman–Crippen LogP) is 3.98. The second-order valence-electron chi connectivity index (χ2n) is 6.00. The first-order valence-corrected chi connectivity index (χ1v) is 8.22. The first-order chi connectivity index (χ1) is 10.3. The van der Waals surface area contributed by atoms with Gasteiger partial charge < -0.3 is 14.8 Å². The summed E-state index contributed by atoms with van der Waals surface area (Å²) in [5, 5.41) is 3.60. The zero-order chi connectivity index (χ0) is 15.1. The molecule has 3 heteroatoms. The van der Waals surface area contributed by atoms with E-state index in [0.717, 1.165) is 30.5 Å². The Bertz CT molecular complexity index is 411. The van der Waals surface area contributed by atoms with Crippen molar-refractivity contribution in [1.82, 2.24) is 5.32 Å². The molecular formula is C18H29NO2. The molecule has 2 rings (SSSR count). The number of ether oxygens (including phenoxy) is 2. The number of methoxy groups -OCH3 is 2. The quantitative estimate of drug-likeness (QED) is 0.771. The summed E-state index contributed by atoms with van der Waals surface area (Å²) in [6, 6.07) is 6.33. The fourth-order valence-electron chi connectivity index (χ4n) is 3.40. The number of benzene rings is 1. The molecule has 1 aliphatic rings. The van der Waals surface area contributed by atoms with Crippen LogP contribution in [0.2, 0.25) is 0 Å². The van der Waals surface area contributed by atoms with Gasteiger partial charge in [-0.05, 0) is 61.9 Å². The van der Waals surface area contributed by atoms with Crippen molar-refractivity contribution in [2.75, 3.05) is 27.3 Å². The number of hydrogen-bond donors (Lipinski definition) is 1. The summed E-state index contributed by atoms with van der Waals surface area (Å²) >= 11 is 0. The van der Waals surface area contributed by atoms with Crippen LogP contribution in [-0.4, -0.2) is 27.3 Å². The average molecular weight is 291 g/mol. The van der Waals surface area contributed by atoms with Gasteiger partial charge in [0, 0.05) is 6.07 Å². The van der Waals surface area contributed by atoms with Crippen molar-refractivity contribution in [3.05, 3.63) is 23.8 Å². The fraction of sp³-hybridized carbons (Fsp3) is 0.667. The Kier molecular flexibility index (Phi) is 6.37. The molecule has 3 nitrogen and oxygen atoms in total. The Morgan fingerprint density at radius 1 is 1.05 bits per heavy atom. The smallest absolute Gasteiger partial charge is 0.122 e. The largest absolute Gasteiger partial charge is 0.497 e. The first kappa shape index (κ1) is 16.2. The Morgan fingerprint density at radius 3 is 2.33 bits per heavy atom. The second-order valence-corrected chi connectivity index (χ2v) is 6.00. The predicted molar refractivity (Wildman–Crippen MR) is 87.4 cm³/mol. The summed E-state index contributed by atoms with van der Waals surface area (Å²) in [5.41, 5.74) is 1.37. The van der Waals surface area contributed by atoms with Crippen LogP contribution in [0.5, 0.6) is 11.5 Å². The number of nitrogens with one attached hydrogen (secondary N) is 1. The Balaban J connectivity index is 2.15. The summed E-state index contributed by atoms with van der Waals surface area (Å²) in [5.74, 6) is 3.14. The molecule has 1 fully saturated rings. The van der Waals surface area contributed by atoms with Crippen molar-refractivity contribution >= 4 is 0 Å². The molecule has 2 unspecified atom stereocenters. The van der Waals surface area contributed by atoms with Crippen LogP contribution < -0.4 is 14.8 Å². The topological polar surface area (TPSA) is 30.5 Å². The zero-order valence-electron chi connectivity index (χ0n) is 13.7. The highest BCUT2D eigenvalue weighted by Gasteiger charge is 2.26. The highest BCUT2D eigenvalue weighted by Crippen LogP contribution is 2.40. The van der Waals surface area contributed by atoms with Gasteiger partial charge in [-0.2, -0.15) is 0 Å². The van der Waals surface area contributed by atoms with Crippen molar-refractivity contribution in [3.63, 3.8) is 0 Å². The van der Waals surface area contributed by atoms with E-state index in [2.05, 4.69) is 24.4 Å². The van der Waals surface area contributed by atoms with E-state index >= 15 is 0 Å². The van der Waals surface area contributed by atoms with Crippen LogP contribution in [-0.2, 0) is 0 Å². The van der Waals surface area contributed by atoms with E-state index in [9.17, 15) is 0 Å². The lowest BCUT2D eigenvalue weighted by Crippen LogP contribution is -2.30. The van der Waals surface area contributed by atoms with Crippen LogP contribution in [0.3, 0.4) is 0 Å². The molecule has 1 N–H and O–H groups in total. The van der Waals surface area contributed by atoms with Crippen LogP contribution in [0.4, 0.5) is 0 Å². The van der Waals surface area contributed by atoms with Crippen molar-refractivity contribution < 1.29 is 9.47 Å². The molecule has 0 spiro atoms. The molecule has 1 aromatic rings. The normalized spacial score (nSPS) is 22.0. The number of rotatable bonds is 7. The molecule has 2 atom stereocenters. The van der Waals surface area contributed by atoms with E-state index in [4.69, 9.17) is 9.47 Å². The molecule has 1 aromatic carbocycles. The molecular weight excluding hydrogens is 262 g/mol. The maximum atomic E-state index is 5.43. The highest BCUT2D eigenvalue weighted by molar-refractivity contribution is 5.40. The van der Waals surface area contributed by atoms with Crippen molar-refractivity contribution in [1.29, 1.82) is 0 Å². The van der Waals surface area contributed by atoms with Gasteiger partial charge in [0.2, 0.25) is 0 Å². The summed E-state index contributed by atoms with van der Waals surface area (Å²) in [4.78, 5) is 0. The van der Waals surface area contributed by atoms with Gasteiger partial charge in [-0.15, -0.1) is 0 Å². The van der Waals surface area contributed by atoms with E-state index in [1.165, 1.54) is 37.7 Å². The number of hydrogen-bond acceptors (Lipinski definition) is 3. The highest BCUT2D eigenvalue weighted by atomic mass is 16.5. The molecule has 0 aromatic heterocycles. The van der Waals surface area contributed by atoms with Gasteiger partial charge in [0.25, 0.3) is 0 Å². The molecule has 0 heterocycles. The minimum atomic E-state index is 0.618. The van der Waals surface area contributed by atoms with Crippen LogP contribution in [0.25, 0.3) is 0 Å². The van der Waals surface area contributed by atoms with E-state index < -0.39 is 0 Å². The minimum Gasteiger partial charge on any atom is -0.497 e. The van der Waals surface area contributed by atoms with E-state index in [1.54, 1.807) is 14.2 Å². The Morgan fingerprint density at radius 2 is 1.71 bits per heavy atom. The summed E-state index contributed by atoms with van der Waals surface area (Å²) in [7, 11) is 3.44. The lowest BCUT2D eigenvalue weighted by atomic mass is 9.75. The summed E-state index contributed by atoms with van der Waals surface area (Å²) in [6.07, 6.45) is 6.48. The summed E-state index contributed by atoms with van der Waals surface area (Å²) in [6.45, 7) is 4.46. The molecule has 0 radical (unpaired) electrons. The van der Waals surface area contributed by atoms with Gasteiger partial charge in [0.15, 0.2) is 0 Å². The molecule has 1 saturated carbocycles. The lowest BCUT2D eigenvalue weighted by molar-refractivity contribution is 0.294. The van der Waals surface area contributed by atoms with Gasteiger partial charge in [-0.3, -0.25) is 0 Å². The third-order valence-electron chi connectivity index (χ3n) is 4.54. The standard InChI is InChI=1S/C18H29NO2/c1-4-9-19-13-14-7-5-6-8-18(14)15-10-16(20-2)12-17(11-15)21-3/h10-12,14,18-19H,4-9,13H2,1-3H3. The fourth-order valence-corrected chi connectivity index (χ4v) is 3.40. The van der Waals surface area contributed by atoms with Crippen LogP contribution in [0.1, 0.15) is 50.5 Å². The van der Waals surface area contributed by atoms with Crippen molar-refractivity contribution in [2.24, 2.45) is 5.92 Å². The monoisotopic (exact) mass is 291 g/mol. The SMILES string of the molecule is CCCNCC1CCCCC1c1cc(OC)cc(OC)c1. The van der Waals surface area contributed by atoms with Crippen molar-refractivity contribution in [2.45, 2.75) is 44.9 Å². The van der Waals surface area contributed by atoms with Crippen LogP contribution in [0.15, 0.2) is 18.2 Å². The minimum absolute atomic E-state index is 0.618. The molecule has 1 aliphatic carbocycles. The molecule has 0 saturated heterocycles. The molecule has 0 amide bonds. The van der Waals surface area contributed by atoms with Gasteiger partial charge in [0.1, 0.15) is 11.5 Å². The lowest BCUT2D eigenvalue weighted by Gasteiger charge is -2.32. The van der Waals surface area contributed by atoms with E-state index in [0.29, 0.717) is 5.92 Å². The molecule has 0 aliphatic heterocycles. The maximum Gasteiger partial charge on any atom is 0.122 e.